The van der Waals surface area contributed by atoms with Crippen LogP contribution in [-0.4, -0.2) is 18.9 Å². The minimum Gasteiger partial charge on any atom is -0.390 e. The highest BCUT2D eigenvalue weighted by molar-refractivity contribution is 5.99. The zero-order valence-electron chi connectivity index (χ0n) is 7.44. The Morgan fingerprint density at radius 2 is 2.00 bits per heavy atom. The fourth-order valence-electron chi connectivity index (χ4n) is 0.473. The number of nitrogens with one attached hydrogen (secondary N) is 1. The molecule has 1 N–H and O–H groups in total. The third-order valence-electron chi connectivity index (χ3n) is 1.28. The SMILES string of the molecule is C=CC(=N/C=C(\C)NC)C(F)(F)F. The molecular formula is C8H11F3N2. The van der Waals surface area contributed by atoms with Gasteiger partial charge < -0.3 is 5.32 Å². The molecule has 0 aliphatic rings. The summed E-state index contributed by atoms with van der Waals surface area (Å²) in [5.41, 5.74) is -0.453. The fraction of sp³-hybridized carbons (Fsp3) is 0.375. The second-order valence-electron chi connectivity index (χ2n) is 2.28. The lowest BCUT2D eigenvalue weighted by atomic mass is 10.3. The Morgan fingerprint density at radius 1 is 1.46 bits per heavy atom. The molecular weight excluding hydrogens is 181 g/mol. The summed E-state index contributed by atoms with van der Waals surface area (Å²) >= 11 is 0. The molecule has 5 heteroatoms. The van der Waals surface area contributed by atoms with Crippen molar-refractivity contribution in [2.75, 3.05) is 7.05 Å². The zero-order valence-corrected chi connectivity index (χ0v) is 7.44. The number of hydrogen-bond donors (Lipinski definition) is 1. The first-order valence-electron chi connectivity index (χ1n) is 3.53. The maximum atomic E-state index is 12.0. The monoisotopic (exact) mass is 192 g/mol. The molecule has 0 radical (unpaired) electrons. The number of aliphatic imine (C=N–C) groups is 1. The third kappa shape index (κ3) is 4.35. The summed E-state index contributed by atoms with van der Waals surface area (Å²) in [4.78, 5) is 3.23. The van der Waals surface area contributed by atoms with Crippen molar-refractivity contribution >= 4 is 5.71 Å². The third-order valence-corrected chi connectivity index (χ3v) is 1.28. The van der Waals surface area contributed by atoms with Gasteiger partial charge in [-0.05, 0) is 13.0 Å². The van der Waals surface area contributed by atoms with E-state index in [0.717, 1.165) is 6.20 Å². The van der Waals surface area contributed by atoms with Gasteiger partial charge in [-0.2, -0.15) is 13.2 Å². The molecule has 0 rings (SSSR count). The Kier molecular flexibility index (Phi) is 4.23. The van der Waals surface area contributed by atoms with Crippen LogP contribution in [-0.2, 0) is 0 Å². The molecule has 0 bridgehead atoms. The standard InChI is InChI=1S/C8H11F3N2/c1-4-7(8(9,10)11)13-5-6(2)12-3/h4-5,12H,1H2,2-3H3/b6-5+,13-7?. The van der Waals surface area contributed by atoms with E-state index in [0.29, 0.717) is 11.8 Å². The van der Waals surface area contributed by atoms with Gasteiger partial charge in [-0.25, -0.2) is 0 Å². The van der Waals surface area contributed by atoms with Gasteiger partial charge in [0.25, 0.3) is 0 Å². The van der Waals surface area contributed by atoms with Crippen molar-refractivity contribution < 1.29 is 13.2 Å². The van der Waals surface area contributed by atoms with Crippen LogP contribution >= 0.6 is 0 Å². The number of halogens is 3. The van der Waals surface area contributed by atoms with Gasteiger partial charge in [-0.1, -0.05) is 6.58 Å². The highest BCUT2D eigenvalue weighted by Crippen LogP contribution is 2.18. The van der Waals surface area contributed by atoms with Crippen LogP contribution in [0, 0.1) is 0 Å². The molecule has 0 spiro atoms. The first-order chi connectivity index (χ1) is 5.91. The first kappa shape index (κ1) is 11.7. The molecule has 0 atom stereocenters. The van der Waals surface area contributed by atoms with Gasteiger partial charge in [0, 0.05) is 18.9 Å². The van der Waals surface area contributed by atoms with Crippen molar-refractivity contribution in [1.29, 1.82) is 0 Å². The van der Waals surface area contributed by atoms with Gasteiger partial charge in [0.1, 0.15) is 5.71 Å². The van der Waals surface area contributed by atoms with Gasteiger partial charge in [0.2, 0.25) is 0 Å². The van der Waals surface area contributed by atoms with Crippen LogP contribution in [0.3, 0.4) is 0 Å². The number of rotatable bonds is 3. The molecule has 0 aromatic carbocycles. The van der Waals surface area contributed by atoms with Crippen LogP contribution in [0.4, 0.5) is 13.2 Å². The summed E-state index contributed by atoms with van der Waals surface area (Å²) in [5, 5.41) is 2.65. The molecule has 0 unspecified atom stereocenters. The molecule has 0 aliphatic carbocycles. The Hall–Kier alpha value is -1.26. The lowest BCUT2D eigenvalue weighted by molar-refractivity contribution is -0.0576. The topological polar surface area (TPSA) is 24.4 Å². The Bertz CT molecular complexity index is 238. The van der Waals surface area contributed by atoms with Crippen LogP contribution in [0.15, 0.2) is 29.5 Å². The van der Waals surface area contributed by atoms with E-state index in [1.165, 1.54) is 0 Å². The molecule has 74 valence electrons. The summed E-state index contributed by atoms with van der Waals surface area (Å²) in [6.45, 7) is 4.64. The number of hydrogen-bond acceptors (Lipinski definition) is 2. The van der Waals surface area contributed by atoms with Crippen molar-refractivity contribution in [3.63, 3.8) is 0 Å². The van der Waals surface area contributed by atoms with E-state index in [1.807, 2.05) is 0 Å². The van der Waals surface area contributed by atoms with Crippen LogP contribution in [0.25, 0.3) is 0 Å². The van der Waals surface area contributed by atoms with E-state index in [1.54, 1.807) is 14.0 Å². The molecule has 13 heavy (non-hydrogen) atoms. The summed E-state index contributed by atoms with van der Waals surface area (Å²) in [5.74, 6) is 0. The molecule has 0 aromatic rings. The normalized spacial score (nSPS) is 14.2. The van der Waals surface area contributed by atoms with Crippen molar-refractivity contribution in [3.8, 4) is 0 Å². The second-order valence-corrected chi connectivity index (χ2v) is 2.28. The molecule has 0 fully saturated rings. The molecule has 0 saturated carbocycles. The Balaban J connectivity index is 4.69. The van der Waals surface area contributed by atoms with Crippen LogP contribution < -0.4 is 5.32 Å². The van der Waals surface area contributed by atoms with E-state index in [9.17, 15) is 13.2 Å². The first-order valence-corrected chi connectivity index (χ1v) is 3.53. The average Bonchev–Trinajstić information content (AvgIpc) is 2.02. The van der Waals surface area contributed by atoms with E-state index in [-0.39, 0.29) is 0 Å². The predicted octanol–water partition coefficient (Wildman–Crippen LogP) is 2.26. The Labute approximate surface area is 74.9 Å². The average molecular weight is 192 g/mol. The van der Waals surface area contributed by atoms with Gasteiger partial charge in [0.05, 0.1) is 0 Å². The van der Waals surface area contributed by atoms with E-state index >= 15 is 0 Å². The summed E-state index contributed by atoms with van der Waals surface area (Å²) in [6, 6.07) is 0. The lowest BCUT2D eigenvalue weighted by Gasteiger charge is -2.04. The largest absolute Gasteiger partial charge is 0.433 e. The van der Waals surface area contributed by atoms with Gasteiger partial charge >= 0.3 is 6.18 Å². The molecule has 0 heterocycles. The zero-order chi connectivity index (χ0) is 10.5. The van der Waals surface area contributed by atoms with Gasteiger partial charge in [-0.3, -0.25) is 4.99 Å². The summed E-state index contributed by atoms with van der Waals surface area (Å²) in [6.07, 6.45) is -2.66. The molecule has 0 aromatic heterocycles. The van der Waals surface area contributed by atoms with Crippen molar-refractivity contribution in [2.45, 2.75) is 13.1 Å². The van der Waals surface area contributed by atoms with E-state index in [2.05, 4.69) is 16.9 Å². The molecule has 2 nitrogen and oxygen atoms in total. The van der Waals surface area contributed by atoms with E-state index < -0.39 is 11.9 Å². The summed E-state index contributed by atoms with van der Waals surface area (Å²) in [7, 11) is 1.60. The molecule has 0 aliphatic heterocycles. The fourth-order valence-corrected chi connectivity index (χ4v) is 0.473. The second kappa shape index (κ2) is 4.69. The smallest absolute Gasteiger partial charge is 0.390 e. The minimum atomic E-state index is -4.44. The van der Waals surface area contributed by atoms with Crippen molar-refractivity contribution in [2.24, 2.45) is 4.99 Å². The molecule has 0 amide bonds. The summed E-state index contributed by atoms with van der Waals surface area (Å²) < 4.78 is 36.1. The van der Waals surface area contributed by atoms with Gasteiger partial charge in [-0.15, -0.1) is 0 Å². The van der Waals surface area contributed by atoms with Crippen LogP contribution in [0.5, 0.6) is 0 Å². The maximum absolute atomic E-state index is 12.0. The maximum Gasteiger partial charge on any atom is 0.433 e. The number of alkyl halides is 3. The highest BCUT2D eigenvalue weighted by atomic mass is 19.4. The van der Waals surface area contributed by atoms with Gasteiger partial charge in [0.15, 0.2) is 0 Å². The van der Waals surface area contributed by atoms with Crippen molar-refractivity contribution in [1.82, 2.24) is 5.32 Å². The van der Waals surface area contributed by atoms with E-state index in [4.69, 9.17) is 0 Å². The van der Waals surface area contributed by atoms with Crippen LogP contribution in [0.2, 0.25) is 0 Å². The van der Waals surface area contributed by atoms with Crippen LogP contribution in [0.1, 0.15) is 6.92 Å². The van der Waals surface area contributed by atoms with Crippen molar-refractivity contribution in [3.05, 3.63) is 24.6 Å². The number of allylic oxidation sites excluding steroid dienone is 2. The molecule has 0 saturated heterocycles. The quantitative estimate of drug-likeness (QED) is 0.681. The number of nitrogens with zero attached hydrogens (tertiary/aromatic N) is 1. The lowest BCUT2D eigenvalue weighted by Crippen LogP contribution is -2.20. The predicted molar refractivity (Wildman–Crippen MR) is 46.5 cm³/mol. The Morgan fingerprint density at radius 3 is 2.31 bits per heavy atom. The minimum absolute atomic E-state index is 0.545. The highest BCUT2D eigenvalue weighted by Gasteiger charge is 2.32.